The van der Waals surface area contributed by atoms with E-state index < -0.39 is 5.79 Å². The topological polar surface area (TPSA) is 18.5 Å². The number of ether oxygens (including phenoxy) is 2. The lowest BCUT2D eigenvalue weighted by Gasteiger charge is -2.36. The molecule has 1 heterocycles. The molecule has 2 nitrogen and oxygen atoms in total. The van der Waals surface area contributed by atoms with E-state index >= 15 is 0 Å². The Bertz CT molecular complexity index is 360. The van der Waals surface area contributed by atoms with Crippen molar-refractivity contribution in [1.82, 2.24) is 0 Å². The standard InChI is InChI=1S/C11H13ClO2/c1-7-8-5-4-6-9(12)10(8)14-11(2,3)13-7/h4-7H,1-3H3/t7-/m1/s1. The molecule has 2 rings (SSSR count). The van der Waals surface area contributed by atoms with Gasteiger partial charge in [0.1, 0.15) is 5.75 Å². The zero-order valence-corrected chi connectivity index (χ0v) is 9.26. The van der Waals surface area contributed by atoms with Crippen molar-refractivity contribution in [2.24, 2.45) is 0 Å². The van der Waals surface area contributed by atoms with E-state index in [1.54, 1.807) is 0 Å². The van der Waals surface area contributed by atoms with Crippen LogP contribution in [0.5, 0.6) is 5.75 Å². The molecule has 1 atom stereocenters. The number of hydrogen-bond acceptors (Lipinski definition) is 2. The molecule has 1 aliphatic heterocycles. The molecule has 1 aromatic carbocycles. The van der Waals surface area contributed by atoms with Crippen molar-refractivity contribution in [1.29, 1.82) is 0 Å². The Labute approximate surface area is 88.8 Å². The third-order valence-electron chi connectivity index (χ3n) is 2.24. The molecule has 1 aliphatic rings. The second-order valence-corrected chi connectivity index (χ2v) is 4.33. The molecule has 0 aliphatic carbocycles. The monoisotopic (exact) mass is 212 g/mol. The predicted molar refractivity (Wildman–Crippen MR) is 55.7 cm³/mol. The molecule has 0 radical (unpaired) electrons. The van der Waals surface area contributed by atoms with Crippen molar-refractivity contribution in [3.8, 4) is 5.75 Å². The fraction of sp³-hybridized carbons (Fsp3) is 0.455. The van der Waals surface area contributed by atoms with Gasteiger partial charge in [0.15, 0.2) is 0 Å². The van der Waals surface area contributed by atoms with Gasteiger partial charge < -0.3 is 9.47 Å². The van der Waals surface area contributed by atoms with Crippen LogP contribution in [0.2, 0.25) is 5.02 Å². The Morgan fingerprint density at radius 2 is 2.07 bits per heavy atom. The van der Waals surface area contributed by atoms with Crippen molar-refractivity contribution in [3.63, 3.8) is 0 Å². The van der Waals surface area contributed by atoms with Crippen LogP contribution in [0.25, 0.3) is 0 Å². The molecule has 0 unspecified atom stereocenters. The van der Waals surface area contributed by atoms with E-state index in [0.29, 0.717) is 5.02 Å². The van der Waals surface area contributed by atoms with E-state index in [1.165, 1.54) is 0 Å². The highest BCUT2D eigenvalue weighted by molar-refractivity contribution is 6.32. The minimum absolute atomic E-state index is 0.0208. The molecule has 0 saturated carbocycles. The summed E-state index contributed by atoms with van der Waals surface area (Å²) in [7, 11) is 0. The Morgan fingerprint density at radius 3 is 2.79 bits per heavy atom. The highest BCUT2D eigenvalue weighted by Gasteiger charge is 2.33. The molecule has 76 valence electrons. The summed E-state index contributed by atoms with van der Waals surface area (Å²) < 4.78 is 11.3. The maximum atomic E-state index is 6.05. The van der Waals surface area contributed by atoms with Crippen LogP contribution in [-0.4, -0.2) is 5.79 Å². The van der Waals surface area contributed by atoms with Gasteiger partial charge in [-0.1, -0.05) is 23.7 Å². The first-order chi connectivity index (χ1) is 6.49. The van der Waals surface area contributed by atoms with Crippen molar-refractivity contribution in [2.75, 3.05) is 0 Å². The van der Waals surface area contributed by atoms with Gasteiger partial charge in [-0.2, -0.15) is 0 Å². The number of rotatable bonds is 0. The predicted octanol–water partition coefficient (Wildman–Crippen LogP) is 3.55. The first-order valence-corrected chi connectivity index (χ1v) is 5.03. The van der Waals surface area contributed by atoms with Crippen molar-refractivity contribution >= 4 is 11.6 Å². The summed E-state index contributed by atoms with van der Waals surface area (Å²) >= 11 is 6.05. The van der Waals surface area contributed by atoms with Gasteiger partial charge in [0.25, 0.3) is 0 Å². The van der Waals surface area contributed by atoms with E-state index in [4.69, 9.17) is 21.1 Å². The highest BCUT2D eigenvalue weighted by Crippen LogP contribution is 2.42. The lowest BCUT2D eigenvalue weighted by molar-refractivity contribution is -0.202. The Morgan fingerprint density at radius 1 is 1.36 bits per heavy atom. The average molecular weight is 213 g/mol. The first kappa shape index (κ1) is 9.81. The number of fused-ring (bicyclic) bond motifs is 1. The van der Waals surface area contributed by atoms with E-state index in [2.05, 4.69) is 0 Å². The molecule has 0 N–H and O–H groups in total. The molecule has 0 spiro atoms. The summed E-state index contributed by atoms with van der Waals surface area (Å²) in [5.74, 6) is 0.148. The SMILES string of the molecule is C[C@H]1OC(C)(C)Oc2c(Cl)cccc21. The lowest BCUT2D eigenvalue weighted by atomic mass is 10.1. The highest BCUT2D eigenvalue weighted by atomic mass is 35.5. The van der Waals surface area contributed by atoms with Crippen molar-refractivity contribution in [2.45, 2.75) is 32.7 Å². The van der Waals surface area contributed by atoms with Gasteiger partial charge in [0.05, 0.1) is 11.1 Å². The molecule has 1 aromatic rings. The Hall–Kier alpha value is -0.730. The zero-order valence-electron chi connectivity index (χ0n) is 8.50. The maximum absolute atomic E-state index is 6.05. The van der Waals surface area contributed by atoms with Gasteiger partial charge in [-0.15, -0.1) is 0 Å². The average Bonchev–Trinajstić information content (AvgIpc) is 2.05. The van der Waals surface area contributed by atoms with E-state index in [9.17, 15) is 0 Å². The van der Waals surface area contributed by atoms with Crippen LogP contribution >= 0.6 is 11.6 Å². The zero-order chi connectivity index (χ0) is 10.3. The molecular formula is C11H13ClO2. The first-order valence-electron chi connectivity index (χ1n) is 4.65. The van der Waals surface area contributed by atoms with Gasteiger partial charge in [0.2, 0.25) is 5.79 Å². The molecule has 14 heavy (non-hydrogen) atoms. The third-order valence-corrected chi connectivity index (χ3v) is 2.54. The Balaban J connectivity index is 2.51. The van der Waals surface area contributed by atoms with Crippen LogP contribution in [0, 0.1) is 0 Å². The van der Waals surface area contributed by atoms with Gasteiger partial charge in [-0.05, 0) is 13.0 Å². The van der Waals surface area contributed by atoms with Crippen LogP contribution in [0.15, 0.2) is 18.2 Å². The molecule has 0 saturated heterocycles. The molecule has 3 heteroatoms. The molecule has 0 bridgehead atoms. The lowest BCUT2D eigenvalue weighted by Crippen LogP contribution is -2.37. The van der Waals surface area contributed by atoms with E-state index in [0.717, 1.165) is 11.3 Å². The maximum Gasteiger partial charge on any atom is 0.205 e. The van der Waals surface area contributed by atoms with E-state index in [1.807, 2.05) is 39.0 Å². The third kappa shape index (κ3) is 1.60. The summed E-state index contributed by atoms with van der Waals surface area (Å²) in [6.45, 7) is 5.77. The second-order valence-electron chi connectivity index (χ2n) is 3.92. The largest absolute Gasteiger partial charge is 0.461 e. The molecule has 0 fully saturated rings. The second kappa shape index (κ2) is 3.14. The van der Waals surface area contributed by atoms with Crippen LogP contribution in [0.4, 0.5) is 0 Å². The number of hydrogen-bond donors (Lipinski definition) is 0. The summed E-state index contributed by atoms with van der Waals surface area (Å²) in [5, 5.41) is 0.644. The van der Waals surface area contributed by atoms with Crippen LogP contribution in [0.3, 0.4) is 0 Å². The fourth-order valence-corrected chi connectivity index (χ4v) is 1.93. The van der Waals surface area contributed by atoms with Gasteiger partial charge in [0, 0.05) is 19.4 Å². The van der Waals surface area contributed by atoms with E-state index in [-0.39, 0.29) is 6.10 Å². The quantitative estimate of drug-likeness (QED) is 0.655. The van der Waals surface area contributed by atoms with Crippen LogP contribution in [-0.2, 0) is 4.74 Å². The summed E-state index contributed by atoms with van der Waals surface area (Å²) in [4.78, 5) is 0. The van der Waals surface area contributed by atoms with Crippen molar-refractivity contribution in [3.05, 3.63) is 28.8 Å². The number of benzene rings is 1. The number of halogens is 1. The van der Waals surface area contributed by atoms with Gasteiger partial charge >= 0.3 is 0 Å². The van der Waals surface area contributed by atoms with Gasteiger partial charge in [-0.3, -0.25) is 0 Å². The molecule has 0 aromatic heterocycles. The fourth-order valence-electron chi connectivity index (χ4n) is 1.71. The summed E-state index contributed by atoms with van der Waals surface area (Å²) in [5.41, 5.74) is 1.01. The minimum Gasteiger partial charge on any atom is -0.461 e. The van der Waals surface area contributed by atoms with Gasteiger partial charge in [-0.25, -0.2) is 0 Å². The normalized spacial score (nSPS) is 23.9. The number of para-hydroxylation sites is 1. The molecule has 0 amide bonds. The molecular weight excluding hydrogens is 200 g/mol. The minimum atomic E-state index is -0.600. The smallest absolute Gasteiger partial charge is 0.205 e. The summed E-state index contributed by atoms with van der Waals surface area (Å²) in [6.07, 6.45) is 0.0208. The Kier molecular flexibility index (Phi) is 2.20. The van der Waals surface area contributed by atoms with Crippen LogP contribution in [0.1, 0.15) is 32.4 Å². The summed E-state index contributed by atoms with van der Waals surface area (Å²) in [6, 6.07) is 5.71. The van der Waals surface area contributed by atoms with Crippen LogP contribution < -0.4 is 4.74 Å². The van der Waals surface area contributed by atoms with Crippen molar-refractivity contribution < 1.29 is 9.47 Å².